The Hall–Kier alpha value is -3.59. The monoisotopic (exact) mass is 1100 g/mol. The second-order valence-electron chi connectivity index (χ2n) is 21.8. The summed E-state index contributed by atoms with van der Waals surface area (Å²) in [7, 11) is 1.13. The molecule has 0 saturated carbocycles. The lowest BCUT2D eigenvalue weighted by molar-refractivity contribution is -0.870. The molecular formula is C68H117N2O7P. The molecule has 0 heterocycles. The van der Waals surface area contributed by atoms with E-state index < -0.39 is 26.6 Å². The van der Waals surface area contributed by atoms with Crippen LogP contribution in [0.15, 0.2) is 122 Å². The third-order valence-electron chi connectivity index (χ3n) is 13.1. The van der Waals surface area contributed by atoms with Gasteiger partial charge in [-0.15, -0.1) is 0 Å². The maximum absolute atomic E-state index is 13.5. The van der Waals surface area contributed by atoms with Crippen molar-refractivity contribution in [3.63, 3.8) is 0 Å². The van der Waals surface area contributed by atoms with E-state index in [1.54, 1.807) is 0 Å². The first-order valence-electron chi connectivity index (χ1n) is 31.3. The highest BCUT2D eigenvalue weighted by atomic mass is 31.2. The lowest BCUT2D eigenvalue weighted by atomic mass is 10.0. The molecule has 0 aliphatic heterocycles. The van der Waals surface area contributed by atoms with Gasteiger partial charge in [-0.3, -0.25) is 14.2 Å². The zero-order valence-electron chi connectivity index (χ0n) is 50.8. The third-order valence-corrected chi connectivity index (χ3v) is 14.1. The summed E-state index contributed by atoms with van der Waals surface area (Å²) in [6.07, 6.45) is 78.8. The predicted molar refractivity (Wildman–Crippen MR) is 334 cm³/mol. The standard InChI is InChI=1S/C68H117N2O7P/c1-7-10-13-16-19-22-25-28-30-32-34-35-37-38-40-42-45-48-51-54-57-60-67(71)69-65(64-76-78(73,74)75-63-62-70(4,5)6)66(59-56-53-50-47-44-27-24-21-18-15-12-9-3)77-68(72)61-58-55-52-49-46-43-41-39-36-33-31-29-26-23-20-17-14-11-8-2/h10,13,19-20,22-23,28-31,34-36,38-40,43,46,56,59,65-66H,7-9,11-12,14-18,21,24-27,32-33,37,41-42,44-45,47-55,57-58,60-64H2,1-6H3,(H-,69,71,73,74)/b13-10-,22-19-,23-20-,30-28-,31-29-,35-34-,39-36-,40-38-,46-43-,59-56+. The molecule has 78 heavy (non-hydrogen) atoms. The SMILES string of the molecule is CC/C=C\C/C=C\C/C=C\C/C=C\C/C=C\CCCCCCCC(=O)NC(COP(=O)([O-])OCC[N+](C)(C)C)C(/C=C/CCCCCCCCCCCC)OC(=O)CCCCC/C=C\C/C=C\C/C=C\C/C=C\CCCCC. The molecule has 0 saturated heterocycles. The van der Waals surface area contributed by atoms with E-state index in [0.717, 1.165) is 122 Å². The zero-order valence-corrected chi connectivity index (χ0v) is 51.7. The van der Waals surface area contributed by atoms with E-state index in [0.29, 0.717) is 23.9 Å². The second kappa shape index (κ2) is 56.7. The minimum Gasteiger partial charge on any atom is -0.756 e. The first kappa shape index (κ1) is 74.4. The molecule has 0 fully saturated rings. The van der Waals surface area contributed by atoms with Crippen LogP contribution < -0.4 is 10.2 Å². The highest BCUT2D eigenvalue weighted by Gasteiger charge is 2.27. The van der Waals surface area contributed by atoms with Gasteiger partial charge in [-0.05, 0) is 122 Å². The van der Waals surface area contributed by atoms with E-state index >= 15 is 0 Å². The van der Waals surface area contributed by atoms with E-state index in [-0.39, 0.29) is 31.3 Å². The van der Waals surface area contributed by atoms with E-state index in [2.05, 4.69) is 135 Å². The number of nitrogens with one attached hydrogen (secondary N) is 1. The molecule has 9 nitrogen and oxygen atoms in total. The Morgan fingerprint density at radius 3 is 1.27 bits per heavy atom. The fraction of sp³-hybridized carbons (Fsp3) is 0.676. The van der Waals surface area contributed by atoms with Crippen LogP contribution in [0.2, 0.25) is 0 Å². The van der Waals surface area contributed by atoms with Gasteiger partial charge in [0.1, 0.15) is 19.3 Å². The summed E-state index contributed by atoms with van der Waals surface area (Å²) in [5.41, 5.74) is 0. The smallest absolute Gasteiger partial charge is 0.306 e. The van der Waals surface area contributed by atoms with Crippen molar-refractivity contribution in [1.29, 1.82) is 0 Å². The quantitative estimate of drug-likeness (QED) is 0.0212. The number of phosphoric acid groups is 1. The van der Waals surface area contributed by atoms with Crippen LogP contribution >= 0.6 is 7.82 Å². The molecule has 0 aliphatic rings. The van der Waals surface area contributed by atoms with E-state index in [9.17, 15) is 19.0 Å². The van der Waals surface area contributed by atoms with Crippen LogP contribution in [0, 0.1) is 0 Å². The molecule has 0 aromatic heterocycles. The molecule has 0 spiro atoms. The van der Waals surface area contributed by atoms with E-state index in [1.165, 1.54) is 77.0 Å². The van der Waals surface area contributed by atoms with Gasteiger partial charge in [0.25, 0.3) is 7.82 Å². The largest absolute Gasteiger partial charge is 0.756 e. The Morgan fingerprint density at radius 2 is 0.821 bits per heavy atom. The maximum Gasteiger partial charge on any atom is 0.306 e. The van der Waals surface area contributed by atoms with Gasteiger partial charge >= 0.3 is 5.97 Å². The van der Waals surface area contributed by atoms with Crippen molar-refractivity contribution in [2.75, 3.05) is 40.9 Å². The third kappa shape index (κ3) is 57.1. The molecule has 0 radical (unpaired) electrons. The lowest BCUT2D eigenvalue weighted by Crippen LogP contribution is -2.47. The Kier molecular flexibility index (Phi) is 54.1. The van der Waals surface area contributed by atoms with Crippen LogP contribution in [-0.2, 0) is 27.9 Å². The van der Waals surface area contributed by atoms with Gasteiger partial charge in [-0.2, -0.15) is 0 Å². The first-order chi connectivity index (χ1) is 37.9. The second-order valence-corrected chi connectivity index (χ2v) is 23.2. The van der Waals surface area contributed by atoms with Gasteiger partial charge in [-0.25, -0.2) is 0 Å². The minimum atomic E-state index is -4.72. The van der Waals surface area contributed by atoms with Crippen LogP contribution in [0.4, 0.5) is 0 Å². The van der Waals surface area contributed by atoms with Gasteiger partial charge in [-0.1, -0.05) is 233 Å². The summed E-state index contributed by atoms with van der Waals surface area (Å²) in [6.45, 7) is 6.65. The average molecular weight is 1110 g/mol. The topological polar surface area (TPSA) is 114 Å². The number of allylic oxidation sites excluding steroid dienone is 19. The summed E-state index contributed by atoms with van der Waals surface area (Å²) < 4.78 is 30.3. The Balaban J connectivity index is 5.36. The molecule has 0 rings (SSSR count). The number of carbonyl (C=O) groups is 2. The molecule has 3 unspecified atom stereocenters. The Morgan fingerprint density at radius 1 is 0.462 bits per heavy atom. The summed E-state index contributed by atoms with van der Waals surface area (Å²) >= 11 is 0. The van der Waals surface area contributed by atoms with Gasteiger partial charge in [0.05, 0.1) is 33.8 Å². The van der Waals surface area contributed by atoms with Crippen molar-refractivity contribution < 1.29 is 37.3 Å². The number of amides is 1. The van der Waals surface area contributed by atoms with Crippen molar-refractivity contribution in [2.24, 2.45) is 0 Å². The number of carbonyl (C=O) groups excluding carboxylic acids is 2. The van der Waals surface area contributed by atoms with Crippen molar-refractivity contribution >= 4 is 19.7 Å². The molecule has 0 aromatic rings. The van der Waals surface area contributed by atoms with Crippen LogP contribution in [0.25, 0.3) is 0 Å². The molecule has 3 atom stereocenters. The first-order valence-corrected chi connectivity index (χ1v) is 32.8. The number of hydrogen-bond donors (Lipinski definition) is 1. The van der Waals surface area contributed by atoms with Gasteiger partial charge in [0.2, 0.25) is 5.91 Å². The van der Waals surface area contributed by atoms with Crippen molar-refractivity contribution in [3.8, 4) is 0 Å². The molecule has 1 amide bonds. The molecule has 1 N–H and O–H groups in total. The minimum absolute atomic E-state index is 0.0385. The highest BCUT2D eigenvalue weighted by Crippen LogP contribution is 2.38. The molecule has 0 aromatic carbocycles. The normalized spacial score (nSPS) is 14.5. The number of likely N-dealkylation sites (N-methyl/N-ethyl adjacent to an activating group) is 1. The summed E-state index contributed by atoms with van der Waals surface area (Å²) in [6, 6.07) is -0.921. The molecule has 0 bridgehead atoms. The zero-order chi connectivity index (χ0) is 57.2. The predicted octanol–water partition coefficient (Wildman–Crippen LogP) is 18.9. The average Bonchev–Trinajstić information content (AvgIpc) is 3.40. The number of nitrogens with zero attached hydrogens (tertiary/aromatic N) is 1. The fourth-order valence-electron chi connectivity index (χ4n) is 8.30. The van der Waals surface area contributed by atoms with Crippen molar-refractivity contribution in [3.05, 3.63) is 122 Å². The Labute approximate surface area is 480 Å². The van der Waals surface area contributed by atoms with Crippen LogP contribution in [-0.4, -0.2) is 69.4 Å². The van der Waals surface area contributed by atoms with Gasteiger partial charge < -0.3 is 28.5 Å². The summed E-state index contributed by atoms with van der Waals surface area (Å²) in [5, 5.41) is 3.01. The number of rotatable bonds is 55. The van der Waals surface area contributed by atoms with Crippen LogP contribution in [0.3, 0.4) is 0 Å². The molecule has 0 aliphatic carbocycles. The summed E-state index contributed by atoms with van der Waals surface area (Å²) in [4.78, 5) is 40.0. The van der Waals surface area contributed by atoms with Gasteiger partial charge in [0, 0.05) is 12.8 Å². The fourth-order valence-corrected chi connectivity index (χ4v) is 9.02. The van der Waals surface area contributed by atoms with Crippen molar-refractivity contribution in [2.45, 2.75) is 258 Å². The lowest BCUT2D eigenvalue weighted by Gasteiger charge is -2.30. The highest BCUT2D eigenvalue weighted by molar-refractivity contribution is 7.45. The summed E-state index contributed by atoms with van der Waals surface area (Å²) in [5.74, 6) is -0.607. The van der Waals surface area contributed by atoms with Crippen molar-refractivity contribution in [1.82, 2.24) is 5.32 Å². The number of ether oxygens (including phenoxy) is 1. The number of esters is 1. The maximum atomic E-state index is 13.5. The number of phosphoric ester groups is 1. The van der Waals surface area contributed by atoms with E-state index in [4.69, 9.17) is 13.8 Å². The van der Waals surface area contributed by atoms with Gasteiger partial charge in [0.15, 0.2) is 0 Å². The van der Waals surface area contributed by atoms with Crippen LogP contribution in [0.5, 0.6) is 0 Å². The Bertz CT molecular complexity index is 1750. The number of hydrogen-bond acceptors (Lipinski definition) is 7. The number of unbranched alkanes of at least 4 members (excludes halogenated alkanes) is 21. The van der Waals surface area contributed by atoms with Crippen LogP contribution in [0.1, 0.15) is 245 Å². The van der Waals surface area contributed by atoms with E-state index in [1.807, 2.05) is 33.3 Å². The number of quaternary nitrogens is 1. The molecule has 10 heteroatoms. The molecule has 446 valence electrons. The molecular weight excluding hydrogens is 988 g/mol.